The molecule has 0 aromatic carbocycles. The number of hydrogen-bond acceptors (Lipinski definition) is 1. The van der Waals surface area contributed by atoms with Crippen LogP contribution < -0.4 is 4.74 Å². The predicted molar refractivity (Wildman–Crippen MR) is 65.6 cm³/mol. The van der Waals surface area contributed by atoms with Gasteiger partial charge >= 0.3 is 103 Å². The molecule has 1 aromatic rings. The third kappa shape index (κ3) is 1.29. The molecule has 0 bridgehead atoms. The summed E-state index contributed by atoms with van der Waals surface area (Å²) < 4.78 is 9.86. The van der Waals surface area contributed by atoms with E-state index in [2.05, 4.69) is 0 Å². The molecule has 2 atom stereocenters. The molecule has 2 unspecified atom stereocenters. The van der Waals surface area contributed by atoms with Crippen LogP contribution in [0.1, 0.15) is 58.9 Å². The maximum atomic E-state index is 6.30. The maximum absolute atomic E-state index is 6.30. The summed E-state index contributed by atoms with van der Waals surface area (Å²) >= 11 is 0.682. The van der Waals surface area contributed by atoms with Crippen LogP contribution >= 0.6 is 0 Å². The summed E-state index contributed by atoms with van der Waals surface area (Å²) in [4.78, 5) is 0. The molecule has 2 aliphatic carbocycles. The second-order valence-corrected chi connectivity index (χ2v) is 7.84. The van der Waals surface area contributed by atoms with Crippen LogP contribution in [0.25, 0.3) is 0 Å². The van der Waals surface area contributed by atoms with Crippen LogP contribution in [0.3, 0.4) is 0 Å². The standard InChI is InChI=1S/C14H18OSe/c1-3-7-11-9(5-1)14-13(15-11)10-6-2-4-8-12(10)16-14/h9,11H,1-8H2. The van der Waals surface area contributed by atoms with E-state index in [-0.39, 0.29) is 0 Å². The molecule has 3 aliphatic rings. The molecule has 2 heteroatoms. The normalized spacial score (nSPS) is 31.5. The average molecular weight is 281 g/mol. The van der Waals surface area contributed by atoms with Crippen LogP contribution in [0.4, 0.5) is 0 Å². The van der Waals surface area contributed by atoms with E-state index in [0.717, 1.165) is 5.92 Å². The van der Waals surface area contributed by atoms with E-state index in [1.54, 1.807) is 14.4 Å². The van der Waals surface area contributed by atoms with E-state index in [0.29, 0.717) is 20.6 Å². The van der Waals surface area contributed by atoms with Crippen molar-refractivity contribution in [3.63, 3.8) is 0 Å². The van der Waals surface area contributed by atoms with Crippen molar-refractivity contribution in [2.45, 2.75) is 63.4 Å². The number of aryl methyl sites for hydroxylation is 1. The summed E-state index contributed by atoms with van der Waals surface area (Å²) in [6, 6.07) is 0. The first-order valence-corrected chi connectivity index (χ1v) is 8.46. The van der Waals surface area contributed by atoms with Crippen LogP contribution in [0, 0.1) is 0 Å². The number of rotatable bonds is 0. The Morgan fingerprint density at radius 2 is 1.88 bits per heavy atom. The van der Waals surface area contributed by atoms with E-state index in [4.69, 9.17) is 4.74 Å². The van der Waals surface area contributed by atoms with Gasteiger partial charge in [-0.1, -0.05) is 0 Å². The van der Waals surface area contributed by atoms with Crippen LogP contribution in [0.2, 0.25) is 0 Å². The minimum absolute atomic E-state index is 0.580. The molecular weight excluding hydrogens is 263 g/mol. The third-order valence-corrected chi connectivity index (χ3v) is 7.40. The minimum atomic E-state index is 0.580. The van der Waals surface area contributed by atoms with Crippen LogP contribution in [0.15, 0.2) is 0 Å². The van der Waals surface area contributed by atoms with Crippen molar-refractivity contribution >= 4 is 14.5 Å². The summed E-state index contributed by atoms with van der Waals surface area (Å²) in [7, 11) is 0. The SMILES string of the molecule is C1CCc2c([se]c3c2OC2CCCCC32)C1. The summed E-state index contributed by atoms with van der Waals surface area (Å²) in [6.45, 7) is 0. The Morgan fingerprint density at radius 3 is 2.88 bits per heavy atom. The molecule has 0 N–H and O–H groups in total. The molecule has 1 saturated carbocycles. The Labute approximate surface area is 103 Å². The fraction of sp³-hybridized carbons (Fsp3) is 0.714. The molecule has 0 amide bonds. The zero-order valence-electron chi connectivity index (χ0n) is 9.63. The molecule has 0 saturated heterocycles. The molecule has 0 spiro atoms. The van der Waals surface area contributed by atoms with Crippen molar-refractivity contribution in [2.75, 3.05) is 0 Å². The first-order chi connectivity index (χ1) is 7.93. The van der Waals surface area contributed by atoms with Gasteiger partial charge in [-0.15, -0.1) is 0 Å². The molecule has 1 nitrogen and oxygen atoms in total. The number of fused-ring (bicyclic) bond motifs is 5. The van der Waals surface area contributed by atoms with Gasteiger partial charge in [0.1, 0.15) is 0 Å². The fourth-order valence-corrected chi connectivity index (χ4v) is 6.80. The Kier molecular flexibility index (Phi) is 2.23. The summed E-state index contributed by atoms with van der Waals surface area (Å²) in [5.74, 6) is 2.24. The Hall–Kier alpha value is -0.201. The van der Waals surface area contributed by atoms with Crippen LogP contribution in [-0.4, -0.2) is 20.6 Å². The monoisotopic (exact) mass is 282 g/mol. The Bertz CT molecular complexity index is 421. The molecule has 1 fully saturated rings. The second kappa shape index (κ2) is 3.65. The average Bonchev–Trinajstić information content (AvgIpc) is 2.85. The zero-order chi connectivity index (χ0) is 10.5. The third-order valence-electron chi connectivity index (χ3n) is 4.46. The predicted octanol–water partition coefficient (Wildman–Crippen LogP) is 3.04. The second-order valence-electron chi connectivity index (χ2n) is 5.45. The first kappa shape index (κ1) is 9.79. The molecule has 1 aromatic heterocycles. The number of hydrogen-bond donors (Lipinski definition) is 0. The Morgan fingerprint density at radius 1 is 1.00 bits per heavy atom. The van der Waals surface area contributed by atoms with Crippen LogP contribution in [0.5, 0.6) is 5.75 Å². The summed E-state index contributed by atoms with van der Waals surface area (Å²) in [5, 5.41) is 0. The zero-order valence-corrected chi connectivity index (χ0v) is 11.3. The molecule has 2 heterocycles. The van der Waals surface area contributed by atoms with Gasteiger partial charge in [0, 0.05) is 0 Å². The van der Waals surface area contributed by atoms with Gasteiger partial charge in [0.15, 0.2) is 0 Å². The van der Waals surface area contributed by atoms with E-state index < -0.39 is 0 Å². The fourth-order valence-electron chi connectivity index (χ4n) is 3.62. The van der Waals surface area contributed by atoms with Gasteiger partial charge in [0.05, 0.1) is 0 Å². The molecule has 4 rings (SSSR count). The van der Waals surface area contributed by atoms with Crippen molar-refractivity contribution in [1.82, 2.24) is 0 Å². The molecular formula is C14H18OSe. The quantitative estimate of drug-likeness (QED) is 0.664. The van der Waals surface area contributed by atoms with E-state index >= 15 is 0 Å². The van der Waals surface area contributed by atoms with Crippen molar-refractivity contribution in [3.8, 4) is 5.75 Å². The van der Waals surface area contributed by atoms with E-state index in [1.807, 2.05) is 0 Å². The number of ether oxygens (including phenoxy) is 1. The van der Waals surface area contributed by atoms with Gasteiger partial charge in [-0.2, -0.15) is 0 Å². The summed E-state index contributed by atoms with van der Waals surface area (Å²) in [6.07, 6.45) is 11.6. The molecule has 86 valence electrons. The van der Waals surface area contributed by atoms with Gasteiger partial charge in [-0.3, -0.25) is 0 Å². The Balaban J connectivity index is 1.78. The van der Waals surface area contributed by atoms with Gasteiger partial charge in [0.2, 0.25) is 0 Å². The van der Waals surface area contributed by atoms with Gasteiger partial charge in [-0.25, -0.2) is 0 Å². The van der Waals surface area contributed by atoms with Gasteiger partial charge in [0.25, 0.3) is 0 Å². The van der Waals surface area contributed by atoms with Crippen molar-refractivity contribution in [3.05, 3.63) is 14.4 Å². The van der Waals surface area contributed by atoms with Gasteiger partial charge in [-0.05, 0) is 0 Å². The molecule has 1 aliphatic heterocycles. The van der Waals surface area contributed by atoms with Gasteiger partial charge < -0.3 is 0 Å². The summed E-state index contributed by atoms with van der Waals surface area (Å²) in [5.41, 5.74) is 1.66. The first-order valence-electron chi connectivity index (χ1n) is 6.74. The van der Waals surface area contributed by atoms with E-state index in [9.17, 15) is 0 Å². The van der Waals surface area contributed by atoms with Crippen LogP contribution in [-0.2, 0) is 12.8 Å². The molecule has 0 radical (unpaired) electrons. The topological polar surface area (TPSA) is 9.23 Å². The van der Waals surface area contributed by atoms with Crippen molar-refractivity contribution in [2.24, 2.45) is 0 Å². The van der Waals surface area contributed by atoms with E-state index in [1.165, 1.54) is 57.1 Å². The van der Waals surface area contributed by atoms with Crippen molar-refractivity contribution < 1.29 is 4.74 Å². The van der Waals surface area contributed by atoms with Crippen molar-refractivity contribution in [1.29, 1.82) is 0 Å². The molecule has 16 heavy (non-hydrogen) atoms.